The van der Waals surface area contributed by atoms with Crippen LogP contribution < -0.4 is 16.5 Å². The van der Waals surface area contributed by atoms with Crippen LogP contribution in [-0.4, -0.2) is 29.6 Å². The average Bonchev–Trinajstić information content (AvgIpc) is 2.81. The molecule has 0 aliphatic carbocycles. The van der Waals surface area contributed by atoms with Crippen LogP contribution >= 0.6 is 11.8 Å². The number of dihydropyridines is 1. The standard InChI is InChI=1S/C15H22FN5S/c1-5-9(21-18-4)11-8-15(3)14(22-11)10(7-13(17)20-15)19-12(16)6-2/h5,7-8,12,14,19,21H,4,6H2,1-3H3,(H2,17,20)/b9-5-/t12-,14?,15+/m1/s1. The molecule has 2 rings (SSSR count). The number of nitrogens with zero attached hydrogens (tertiary/aromatic N) is 2. The number of nitrogens with one attached hydrogen (secondary N) is 2. The first kappa shape index (κ1) is 16.6. The van der Waals surface area contributed by atoms with E-state index in [1.54, 1.807) is 24.8 Å². The fourth-order valence-corrected chi connectivity index (χ4v) is 4.00. The molecule has 7 heteroatoms. The Bertz CT molecular complexity index is 580. The van der Waals surface area contributed by atoms with Gasteiger partial charge in [-0.2, -0.15) is 5.10 Å². The van der Waals surface area contributed by atoms with Gasteiger partial charge in [0.1, 0.15) is 5.84 Å². The second kappa shape index (κ2) is 6.56. The van der Waals surface area contributed by atoms with Crippen LogP contribution in [0.2, 0.25) is 0 Å². The van der Waals surface area contributed by atoms with Crippen molar-refractivity contribution in [1.29, 1.82) is 0 Å². The van der Waals surface area contributed by atoms with Gasteiger partial charge in [0, 0.05) is 23.4 Å². The Morgan fingerprint density at radius 3 is 3.05 bits per heavy atom. The Hall–Kier alpha value is -1.76. The molecule has 0 fully saturated rings. The van der Waals surface area contributed by atoms with E-state index >= 15 is 0 Å². The number of alkyl halides is 1. The zero-order valence-electron chi connectivity index (χ0n) is 13.1. The highest BCUT2D eigenvalue weighted by atomic mass is 32.2. The van der Waals surface area contributed by atoms with E-state index in [0.717, 1.165) is 16.3 Å². The molecule has 0 spiro atoms. The van der Waals surface area contributed by atoms with Crippen LogP contribution in [0.5, 0.6) is 0 Å². The Morgan fingerprint density at radius 2 is 2.45 bits per heavy atom. The Labute approximate surface area is 134 Å². The first-order valence-corrected chi connectivity index (χ1v) is 8.07. The largest absolute Gasteiger partial charge is 0.384 e. The van der Waals surface area contributed by atoms with E-state index in [4.69, 9.17) is 5.73 Å². The molecule has 0 saturated carbocycles. The van der Waals surface area contributed by atoms with Crippen molar-refractivity contribution >= 4 is 24.3 Å². The molecule has 5 nitrogen and oxygen atoms in total. The predicted octanol–water partition coefficient (Wildman–Crippen LogP) is 2.40. The molecule has 2 aliphatic rings. The van der Waals surface area contributed by atoms with E-state index in [-0.39, 0.29) is 5.25 Å². The molecule has 0 aromatic rings. The maximum Gasteiger partial charge on any atom is 0.169 e. The summed E-state index contributed by atoms with van der Waals surface area (Å²) in [7, 11) is 0. The average molecular weight is 323 g/mol. The van der Waals surface area contributed by atoms with Crippen molar-refractivity contribution in [3.63, 3.8) is 0 Å². The van der Waals surface area contributed by atoms with E-state index in [1.807, 2.05) is 26.0 Å². The third kappa shape index (κ3) is 3.19. The maximum atomic E-state index is 13.8. The molecule has 2 heterocycles. The van der Waals surface area contributed by atoms with Crippen LogP contribution in [0, 0.1) is 0 Å². The molecule has 22 heavy (non-hydrogen) atoms. The first-order chi connectivity index (χ1) is 10.4. The minimum Gasteiger partial charge on any atom is -0.384 e. The Balaban J connectivity index is 2.31. The summed E-state index contributed by atoms with van der Waals surface area (Å²) in [5, 5.41) is 6.58. The van der Waals surface area contributed by atoms with Gasteiger partial charge in [0.05, 0.1) is 16.5 Å². The summed E-state index contributed by atoms with van der Waals surface area (Å²) in [5.74, 6) is 0.402. The minimum absolute atomic E-state index is 0.0406. The van der Waals surface area contributed by atoms with E-state index in [2.05, 4.69) is 27.6 Å². The third-order valence-corrected chi connectivity index (χ3v) is 5.15. The van der Waals surface area contributed by atoms with Crippen molar-refractivity contribution in [2.75, 3.05) is 0 Å². The second-order valence-corrected chi connectivity index (χ2v) is 6.51. The lowest BCUT2D eigenvalue weighted by Gasteiger charge is -2.32. The summed E-state index contributed by atoms with van der Waals surface area (Å²) in [4.78, 5) is 5.54. The molecule has 3 atom stereocenters. The number of hydrogen-bond donors (Lipinski definition) is 3. The smallest absolute Gasteiger partial charge is 0.169 e. The number of nitrogens with two attached hydrogens (primary N) is 1. The summed E-state index contributed by atoms with van der Waals surface area (Å²) < 4.78 is 13.8. The molecule has 0 aromatic heterocycles. The molecule has 0 aromatic carbocycles. The highest BCUT2D eigenvalue weighted by molar-refractivity contribution is 8.04. The van der Waals surface area contributed by atoms with Crippen molar-refractivity contribution in [3.05, 3.63) is 34.5 Å². The van der Waals surface area contributed by atoms with Gasteiger partial charge in [-0.3, -0.25) is 10.4 Å². The van der Waals surface area contributed by atoms with Gasteiger partial charge >= 0.3 is 0 Å². The Morgan fingerprint density at radius 1 is 1.73 bits per heavy atom. The topological polar surface area (TPSA) is 74.8 Å². The van der Waals surface area contributed by atoms with Crippen molar-refractivity contribution < 1.29 is 4.39 Å². The summed E-state index contributed by atoms with van der Waals surface area (Å²) in [6.45, 7) is 9.15. The molecule has 4 N–H and O–H groups in total. The molecular formula is C15H22FN5S. The summed E-state index contributed by atoms with van der Waals surface area (Å²) in [6.07, 6.45) is 4.97. The number of aliphatic imine (C=N–C) groups is 1. The number of allylic oxidation sites excluding steroid dienone is 1. The number of halogens is 1. The first-order valence-electron chi connectivity index (χ1n) is 7.19. The predicted molar refractivity (Wildman–Crippen MR) is 92.3 cm³/mol. The van der Waals surface area contributed by atoms with Crippen LogP contribution in [0.3, 0.4) is 0 Å². The van der Waals surface area contributed by atoms with Gasteiger partial charge in [-0.15, -0.1) is 11.8 Å². The van der Waals surface area contributed by atoms with Crippen LogP contribution in [0.25, 0.3) is 0 Å². The normalized spacial score (nSPS) is 29.0. The number of fused-ring (bicyclic) bond motifs is 1. The molecule has 0 amide bonds. The second-order valence-electron chi connectivity index (χ2n) is 5.36. The maximum absolute atomic E-state index is 13.8. The molecular weight excluding hydrogens is 301 g/mol. The van der Waals surface area contributed by atoms with E-state index in [9.17, 15) is 4.39 Å². The zero-order chi connectivity index (χ0) is 16.3. The number of rotatable bonds is 6. The monoisotopic (exact) mass is 323 g/mol. The van der Waals surface area contributed by atoms with Crippen LogP contribution in [-0.2, 0) is 0 Å². The van der Waals surface area contributed by atoms with Crippen LogP contribution in [0.1, 0.15) is 27.2 Å². The number of hydrogen-bond acceptors (Lipinski definition) is 6. The fourth-order valence-electron chi connectivity index (χ4n) is 2.52. The van der Waals surface area contributed by atoms with Crippen LogP contribution in [0.15, 0.2) is 44.6 Å². The fraction of sp³-hybridized carbons (Fsp3) is 0.467. The zero-order valence-corrected chi connectivity index (χ0v) is 13.9. The summed E-state index contributed by atoms with van der Waals surface area (Å²) >= 11 is 1.61. The number of thioether (sulfide) groups is 1. The highest BCUT2D eigenvalue weighted by Crippen LogP contribution is 2.48. The number of amidine groups is 1. The summed E-state index contributed by atoms with van der Waals surface area (Å²) in [6, 6.07) is 0. The molecule has 1 unspecified atom stereocenters. The van der Waals surface area contributed by atoms with Crippen molar-refractivity contribution in [2.45, 2.75) is 44.3 Å². The molecule has 0 bridgehead atoms. The van der Waals surface area contributed by atoms with Gasteiger partial charge in [0.25, 0.3) is 0 Å². The van der Waals surface area contributed by atoms with Crippen molar-refractivity contribution in [1.82, 2.24) is 10.7 Å². The Kier molecular flexibility index (Phi) is 4.95. The highest BCUT2D eigenvalue weighted by Gasteiger charge is 2.44. The molecule has 0 saturated heterocycles. The van der Waals surface area contributed by atoms with Gasteiger partial charge in [0.2, 0.25) is 0 Å². The third-order valence-electron chi connectivity index (χ3n) is 3.59. The van der Waals surface area contributed by atoms with E-state index in [1.165, 1.54) is 0 Å². The summed E-state index contributed by atoms with van der Waals surface area (Å²) in [5.41, 5.74) is 9.90. The lowest BCUT2D eigenvalue weighted by atomic mass is 9.92. The molecule has 2 aliphatic heterocycles. The van der Waals surface area contributed by atoms with Crippen molar-refractivity contribution in [3.8, 4) is 0 Å². The minimum atomic E-state index is -1.10. The van der Waals surface area contributed by atoms with E-state index in [0.29, 0.717) is 12.3 Å². The van der Waals surface area contributed by atoms with E-state index < -0.39 is 11.8 Å². The SMILES string of the molecule is C=NN/C(=C\C)C1=C[C@]2(C)N=C(N)C=C(N[C@@H](F)CC)C2S1. The molecule has 0 radical (unpaired) electrons. The quantitative estimate of drug-likeness (QED) is 0.399. The van der Waals surface area contributed by atoms with Gasteiger partial charge in [-0.25, -0.2) is 4.39 Å². The van der Waals surface area contributed by atoms with Gasteiger partial charge in [-0.1, -0.05) is 13.0 Å². The lowest BCUT2D eigenvalue weighted by Crippen LogP contribution is -2.43. The van der Waals surface area contributed by atoms with Gasteiger partial charge in [0.15, 0.2) is 6.30 Å². The van der Waals surface area contributed by atoms with Gasteiger partial charge < -0.3 is 11.1 Å². The lowest BCUT2D eigenvalue weighted by molar-refractivity contribution is 0.281. The molecule has 120 valence electrons. The number of hydrazone groups is 1. The van der Waals surface area contributed by atoms with Crippen LogP contribution in [0.4, 0.5) is 4.39 Å². The van der Waals surface area contributed by atoms with Crippen molar-refractivity contribution in [2.24, 2.45) is 15.8 Å². The van der Waals surface area contributed by atoms with Gasteiger partial charge in [-0.05, 0) is 26.3 Å².